The van der Waals surface area contributed by atoms with Crippen molar-refractivity contribution in [2.24, 2.45) is 0 Å². The van der Waals surface area contributed by atoms with Crippen molar-refractivity contribution in [2.75, 3.05) is 19.6 Å². The van der Waals surface area contributed by atoms with Crippen molar-refractivity contribution < 1.29 is 4.79 Å². The lowest BCUT2D eigenvalue weighted by molar-refractivity contribution is 0.0927. The van der Waals surface area contributed by atoms with Crippen molar-refractivity contribution in [2.45, 2.75) is 25.8 Å². The number of aromatic nitrogens is 1. The zero-order chi connectivity index (χ0) is 13.9. The molecule has 2 aromatic rings. The lowest BCUT2D eigenvalue weighted by Gasteiger charge is -2.20. The highest BCUT2D eigenvalue weighted by molar-refractivity contribution is 5.98. The van der Waals surface area contributed by atoms with Crippen molar-refractivity contribution >= 4 is 16.8 Å². The lowest BCUT2D eigenvalue weighted by Crippen LogP contribution is -2.41. The number of nitrogens with zero attached hydrogens (tertiary/aromatic N) is 1. The van der Waals surface area contributed by atoms with E-state index in [2.05, 4.69) is 22.1 Å². The van der Waals surface area contributed by atoms with E-state index in [0.717, 1.165) is 30.5 Å². The van der Waals surface area contributed by atoms with Gasteiger partial charge in [0.25, 0.3) is 5.91 Å². The third-order valence-corrected chi connectivity index (χ3v) is 3.88. The molecule has 0 radical (unpaired) electrons. The normalized spacial score (nSPS) is 17.4. The number of aromatic amines is 1. The third kappa shape index (κ3) is 2.85. The fourth-order valence-corrected chi connectivity index (χ4v) is 2.90. The van der Waals surface area contributed by atoms with Crippen LogP contribution in [0.25, 0.3) is 10.9 Å². The summed E-state index contributed by atoms with van der Waals surface area (Å²) >= 11 is 0. The molecule has 20 heavy (non-hydrogen) atoms. The molecule has 4 heteroatoms. The van der Waals surface area contributed by atoms with Gasteiger partial charge >= 0.3 is 0 Å². The summed E-state index contributed by atoms with van der Waals surface area (Å²) in [7, 11) is 0. The van der Waals surface area contributed by atoms with Crippen molar-refractivity contribution in [3.63, 3.8) is 0 Å². The van der Waals surface area contributed by atoms with Crippen molar-refractivity contribution in [1.29, 1.82) is 0 Å². The number of carbonyl (C=O) groups excluding carboxylic acids is 1. The number of H-pyrrole nitrogens is 1. The smallest absolute Gasteiger partial charge is 0.267 e. The molecule has 2 N–H and O–H groups in total. The molecule has 0 spiro atoms. The Morgan fingerprint density at radius 2 is 2.10 bits per heavy atom. The third-order valence-electron chi connectivity index (χ3n) is 3.88. The minimum absolute atomic E-state index is 0.0205. The van der Waals surface area contributed by atoms with Gasteiger partial charge in [-0.05, 0) is 45.0 Å². The molecule has 1 atom stereocenters. The van der Waals surface area contributed by atoms with E-state index < -0.39 is 0 Å². The molecule has 3 rings (SSSR count). The van der Waals surface area contributed by atoms with E-state index in [9.17, 15) is 4.79 Å². The van der Waals surface area contributed by atoms with Gasteiger partial charge in [0.05, 0.1) is 0 Å². The van der Waals surface area contributed by atoms with Crippen LogP contribution in [0.15, 0.2) is 30.3 Å². The van der Waals surface area contributed by atoms with Gasteiger partial charge in [0, 0.05) is 23.5 Å². The second-order valence-electron chi connectivity index (χ2n) is 5.65. The minimum atomic E-state index is -0.0205. The van der Waals surface area contributed by atoms with Gasteiger partial charge in [0.2, 0.25) is 0 Å². The number of para-hydroxylation sites is 1. The zero-order valence-corrected chi connectivity index (χ0v) is 11.9. The van der Waals surface area contributed by atoms with E-state index in [-0.39, 0.29) is 11.9 Å². The molecule has 106 valence electrons. The summed E-state index contributed by atoms with van der Waals surface area (Å²) in [5, 5.41) is 4.15. The van der Waals surface area contributed by atoms with Crippen LogP contribution in [0.2, 0.25) is 0 Å². The van der Waals surface area contributed by atoms with Crippen molar-refractivity contribution in [3.05, 3.63) is 36.0 Å². The minimum Gasteiger partial charge on any atom is -0.351 e. The summed E-state index contributed by atoms with van der Waals surface area (Å²) in [6.45, 7) is 5.32. The summed E-state index contributed by atoms with van der Waals surface area (Å²) in [4.78, 5) is 17.8. The molecule has 0 aliphatic carbocycles. The summed E-state index contributed by atoms with van der Waals surface area (Å²) in [6.07, 6.45) is 2.56. The van der Waals surface area contributed by atoms with Gasteiger partial charge in [0.15, 0.2) is 0 Å². The SMILES string of the molecule is CC(CN1CCCC1)NC(=O)c1cc2ccccc2[nH]1. The highest BCUT2D eigenvalue weighted by Gasteiger charge is 2.17. The number of benzene rings is 1. The number of nitrogens with one attached hydrogen (secondary N) is 2. The fraction of sp³-hybridized carbons (Fsp3) is 0.438. The molecule has 1 fully saturated rings. The summed E-state index contributed by atoms with van der Waals surface area (Å²) in [6, 6.07) is 10.0. The lowest BCUT2D eigenvalue weighted by atomic mass is 10.2. The van der Waals surface area contributed by atoms with Crippen molar-refractivity contribution in [3.8, 4) is 0 Å². The average Bonchev–Trinajstić information content (AvgIpc) is 3.06. The highest BCUT2D eigenvalue weighted by atomic mass is 16.1. The maximum absolute atomic E-state index is 12.2. The predicted octanol–water partition coefficient (Wildman–Crippen LogP) is 2.38. The number of fused-ring (bicyclic) bond motifs is 1. The number of likely N-dealkylation sites (tertiary alicyclic amines) is 1. The van der Waals surface area contributed by atoms with Gasteiger partial charge in [-0.15, -0.1) is 0 Å². The highest BCUT2D eigenvalue weighted by Crippen LogP contribution is 2.14. The van der Waals surface area contributed by atoms with E-state index >= 15 is 0 Å². The maximum atomic E-state index is 12.2. The second-order valence-corrected chi connectivity index (χ2v) is 5.65. The molecule has 1 saturated heterocycles. The molecule has 0 saturated carbocycles. The first-order valence-electron chi connectivity index (χ1n) is 7.33. The van der Waals surface area contributed by atoms with Gasteiger partial charge in [-0.2, -0.15) is 0 Å². The Bertz CT molecular complexity index is 566. The van der Waals surface area contributed by atoms with Crippen molar-refractivity contribution in [1.82, 2.24) is 15.2 Å². The molecule has 1 aromatic heterocycles. The molecule has 4 nitrogen and oxygen atoms in total. The molecule has 1 aliphatic rings. The Hall–Kier alpha value is -1.81. The molecular weight excluding hydrogens is 250 g/mol. The Morgan fingerprint density at radius 3 is 2.85 bits per heavy atom. The number of hydrogen-bond donors (Lipinski definition) is 2. The first-order valence-corrected chi connectivity index (χ1v) is 7.33. The molecule has 0 bridgehead atoms. The summed E-state index contributed by atoms with van der Waals surface area (Å²) in [5.74, 6) is -0.0205. The monoisotopic (exact) mass is 271 g/mol. The molecule has 1 aliphatic heterocycles. The van der Waals surface area contributed by atoms with E-state index in [0.29, 0.717) is 5.69 Å². The Morgan fingerprint density at radius 1 is 1.35 bits per heavy atom. The largest absolute Gasteiger partial charge is 0.351 e. The zero-order valence-electron chi connectivity index (χ0n) is 11.9. The number of hydrogen-bond acceptors (Lipinski definition) is 2. The van der Waals surface area contributed by atoms with Crippen LogP contribution in [0.3, 0.4) is 0 Å². The van der Waals surface area contributed by atoms with Crippen LogP contribution in [-0.2, 0) is 0 Å². The van der Waals surface area contributed by atoms with Gasteiger partial charge in [-0.3, -0.25) is 4.79 Å². The van der Waals surface area contributed by atoms with Gasteiger partial charge in [-0.25, -0.2) is 0 Å². The van der Waals surface area contributed by atoms with Gasteiger partial charge < -0.3 is 15.2 Å². The van der Waals surface area contributed by atoms with Gasteiger partial charge in [-0.1, -0.05) is 18.2 Å². The Balaban J connectivity index is 1.63. The van der Waals surface area contributed by atoms with Crippen LogP contribution < -0.4 is 5.32 Å². The number of carbonyl (C=O) groups is 1. The van der Waals surface area contributed by atoms with E-state index in [1.54, 1.807) is 0 Å². The first kappa shape index (κ1) is 13.2. The molecule has 1 aromatic carbocycles. The maximum Gasteiger partial charge on any atom is 0.267 e. The van der Waals surface area contributed by atoms with Crippen LogP contribution in [-0.4, -0.2) is 41.5 Å². The van der Waals surface area contributed by atoms with Crippen LogP contribution in [0.5, 0.6) is 0 Å². The Labute approximate surface area is 119 Å². The Kier molecular flexibility index (Phi) is 3.74. The fourth-order valence-electron chi connectivity index (χ4n) is 2.90. The summed E-state index contributed by atoms with van der Waals surface area (Å²) in [5.41, 5.74) is 1.64. The number of amides is 1. The van der Waals surface area contributed by atoms with E-state index in [1.807, 2.05) is 30.3 Å². The molecule has 2 heterocycles. The summed E-state index contributed by atoms with van der Waals surface area (Å²) < 4.78 is 0. The standard InChI is InChI=1S/C16H21N3O/c1-12(11-19-8-4-5-9-19)17-16(20)15-10-13-6-2-3-7-14(13)18-15/h2-3,6-7,10,12,18H,4-5,8-9,11H2,1H3,(H,17,20). The average molecular weight is 271 g/mol. The molecule has 1 amide bonds. The predicted molar refractivity (Wildman–Crippen MR) is 80.9 cm³/mol. The molecule has 1 unspecified atom stereocenters. The quantitative estimate of drug-likeness (QED) is 0.897. The van der Waals surface area contributed by atoms with Crippen LogP contribution in [0.4, 0.5) is 0 Å². The van der Waals surface area contributed by atoms with Crippen LogP contribution >= 0.6 is 0 Å². The number of rotatable bonds is 4. The van der Waals surface area contributed by atoms with Crippen LogP contribution in [0.1, 0.15) is 30.3 Å². The topological polar surface area (TPSA) is 48.1 Å². The molecular formula is C16H21N3O. The first-order chi connectivity index (χ1) is 9.72. The van der Waals surface area contributed by atoms with E-state index in [1.165, 1.54) is 12.8 Å². The van der Waals surface area contributed by atoms with Gasteiger partial charge in [0.1, 0.15) is 5.69 Å². The van der Waals surface area contributed by atoms with Crippen LogP contribution in [0, 0.1) is 0 Å². The second kappa shape index (κ2) is 5.67. The van der Waals surface area contributed by atoms with E-state index in [4.69, 9.17) is 0 Å².